The van der Waals surface area contributed by atoms with Gasteiger partial charge in [0.2, 0.25) is 0 Å². The summed E-state index contributed by atoms with van der Waals surface area (Å²) in [7, 11) is 0. The zero-order valence-corrected chi connectivity index (χ0v) is 11.9. The van der Waals surface area contributed by atoms with Crippen LogP contribution >= 0.6 is 0 Å². The highest BCUT2D eigenvalue weighted by Crippen LogP contribution is 2.20. The molecular weight excluding hydrogens is 254 g/mol. The number of rotatable bonds is 7. The van der Waals surface area contributed by atoms with Gasteiger partial charge in [-0.3, -0.25) is 0 Å². The summed E-state index contributed by atoms with van der Waals surface area (Å²) in [6, 6.07) is 10.6. The summed E-state index contributed by atoms with van der Waals surface area (Å²) in [6.07, 6.45) is 0.697. The molecule has 0 saturated carbocycles. The summed E-state index contributed by atoms with van der Waals surface area (Å²) in [4.78, 5) is 4.28. The minimum absolute atomic E-state index is 0.155. The third-order valence-corrected chi connectivity index (χ3v) is 3.21. The standard InChI is InChI=1S/C15H21N3O2/c1-11(2)14-17-15(20-18-14)16-10-13(8-9-19)12-6-4-3-5-7-12/h3-7,11,13,19H,8-10H2,1-2H3,(H,16,17,18). The number of hydrogen-bond donors (Lipinski definition) is 2. The molecule has 0 saturated heterocycles. The van der Waals surface area contributed by atoms with E-state index in [0.29, 0.717) is 24.8 Å². The Hall–Kier alpha value is -1.88. The Morgan fingerprint density at radius 1 is 1.25 bits per heavy atom. The van der Waals surface area contributed by atoms with Gasteiger partial charge in [0, 0.05) is 25.0 Å². The minimum atomic E-state index is 0.155. The maximum atomic E-state index is 9.19. The Bertz CT molecular complexity index is 511. The number of nitrogens with zero attached hydrogens (tertiary/aromatic N) is 2. The first-order valence-corrected chi connectivity index (χ1v) is 6.94. The zero-order chi connectivity index (χ0) is 14.4. The molecule has 0 amide bonds. The van der Waals surface area contributed by atoms with E-state index in [-0.39, 0.29) is 18.4 Å². The average Bonchev–Trinajstić information content (AvgIpc) is 2.93. The van der Waals surface area contributed by atoms with E-state index in [1.807, 2.05) is 32.0 Å². The van der Waals surface area contributed by atoms with Crippen LogP contribution < -0.4 is 5.32 Å². The van der Waals surface area contributed by atoms with Crippen LogP contribution in [0.25, 0.3) is 0 Å². The number of aliphatic hydroxyl groups excluding tert-OH is 1. The van der Waals surface area contributed by atoms with Crippen LogP contribution in [0.5, 0.6) is 0 Å². The number of anilines is 1. The predicted octanol–water partition coefficient (Wildman–Crippen LogP) is 2.77. The van der Waals surface area contributed by atoms with Gasteiger partial charge in [0.05, 0.1) is 0 Å². The molecule has 5 heteroatoms. The van der Waals surface area contributed by atoms with Gasteiger partial charge in [-0.2, -0.15) is 4.98 Å². The largest absolute Gasteiger partial charge is 0.396 e. The van der Waals surface area contributed by atoms with E-state index in [0.717, 1.165) is 0 Å². The molecule has 1 atom stereocenters. The van der Waals surface area contributed by atoms with Crippen LogP contribution in [0.3, 0.4) is 0 Å². The molecule has 0 aliphatic heterocycles. The molecule has 0 radical (unpaired) electrons. The van der Waals surface area contributed by atoms with Gasteiger partial charge >= 0.3 is 6.01 Å². The Labute approximate surface area is 119 Å². The lowest BCUT2D eigenvalue weighted by Crippen LogP contribution is -2.14. The summed E-state index contributed by atoms with van der Waals surface area (Å²) in [5, 5.41) is 16.3. The first-order valence-electron chi connectivity index (χ1n) is 6.94. The van der Waals surface area contributed by atoms with E-state index in [1.54, 1.807) is 0 Å². The van der Waals surface area contributed by atoms with Gasteiger partial charge in [-0.1, -0.05) is 49.3 Å². The molecule has 2 rings (SSSR count). The van der Waals surface area contributed by atoms with Crippen molar-refractivity contribution in [3.63, 3.8) is 0 Å². The molecule has 2 aromatic rings. The van der Waals surface area contributed by atoms with E-state index < -0.39 is 0 Å². The van der Waals surface area contributed by atoms with Crippen molar-refractivity contribution in [1.29, 1.82) is 0 Å². The smallest absolute Gasteiger partial charge is 0.321 e. The third kappa shape index (κ3) is 3.81. The Morgan fingerprint density at radius 2 is 2.00 bits per heavy atom. The zero-order valence-electron chi connectivity index (χ0n) is 11.9. The molecular formula is C15H21N3O2. The quantitative estimate of drug-likeness (QED) is 0.813. The summed E-state index contributed by atoms with van der Waals surface area (Å²) >= 11 is 0. The van der Waals surface area contributed by atoms with E-state index in [9.17, 15) is 5.11 Å². The predicted molar refractivity (Wildman–Crippen MR) is 77.8 cm³/mol. The SMILES string of the molecule is CC(C)c1noc(NCC(CCO)c2ccccc2)n1. The fraction of sp³-hybridized carbons (Fsp3) is 0.467. The van der Waals surface area contributed by atoms with E-state index >= 15 is 0 Å². The van der Waals surface area contributed by atoms with Crippen LogP contribution in [0.15, 0.2) is 34.9 Å². The van der Waals surface area contributed by atoms with Crippen LogP contribution in [0, 0.1) is 0 Å². The molecule has 1 aromatic heterocycles. The maximum Gasteiger partial charge on any atom is 0.321 e. The molecule has 0 fully saturated rings. The van der Waals surface area contributed by atoms with Crippen molar-refractivity contribution in [2.24, 2.45) is 0 Å². The lowest BCUT2D eigenvalue weighted by molar-refractivity contribution is 0.277. The van der Waals surface area contributed by atoms with E-state index in [1.165, 1.54) is 5.56 Å². The average molecular weight is 275 g/mol. The molecule has 0 aliphatic carbocycles. The van der Waals surface area contributed by atoms with Gasteiger partial charge in [-0.05, 0) is 12.0 Å². The fourth-order valence-corrected chi connectivity index (χ4v) is 2.02. The highest BCUT2D eigenvalue weighted by molar-refractivity contribution is 5.25. The molecule has 1 aromatic carbocycles. The highest BCUT2D eigenvalue weighted by Gasteiger charge is 2.13. The van der Waals surface area contributed by atoms with Crippen LogP contribution in [0.4, 0.5) is 6.01 Å². The second-order valence-electron chi connectivity index (χ2n) is 5.11. The monoisotopic (exact) mass is 275 g/mol. The first-order chi connectivity index (χ1) is 9.70. The number of aromatic nitrogens is 2. The molecule has 108 valence electrons. The molecule has 0 bridgehead atoms. The van der Waals surface area contributed by atoms with Gasteiger partial charge < -0.3 is 14.9 Å². The topological polar surface area (TPSA) is 71.2 Å². The van der Waals surface area contributed by atoms with Gasteiger partial charge in [-0.25, -0.2) is 0 Å². The first kappa shape index (κ1) is 14.5. The second-order valence-corrected chi connectivity index (χ2v) is 5.11. The summed E-state index contributed by atoms with van der Waals surface area (Å²) in [5.41, 5.74) is 1.19. The second kappa shape index (κ2) is 7.05. The van der Waals surface area contributed by atoms with Crippen LogP contribution in [0.1, 0.15) is 43.5 Å². The van der Waals surface area contributed by atoms with Gasteiger partial charge in [0.15, 0.2) is 5.82 Å². The molecule has 1 heterocycles. The van der Waals surface area contributed by atoms with Crippen molar-refractivity contribution in [2.75, 3.05) is 18.5 Å². The van der Waals surface area contributed by atoms with E-state index in [2.05, 4.69) is 27.6 Å². The third-order valence-electron chi connectivity index (χ3n) is 3.21. The molecule has 2 N–H and O–H groups in total. The van der Waals surface area contributed by atoms with Gasteiger partial charge in [-0.15, -0.1) is 0 Å². The molecule has 0 aliphatic rings. The number of nitrogens with one attached hydrogen (secondary N) is 1. The molecule has 20 heavy (non-hydrogen) atoms. The lowest BCUT2D eigenvalue weighted by Gasteiger charge is -2.16. The van der Waals surface area contributed by atoms with Crippen LogP contribution in [0.2, 0.25) is 0 Å². The normalized spacial score (nSPS) is 12.6. The van der Waals surface area contributed by atoms with Crippen molar-refractivity contribution < 1.29 is 9.63 Å². The number of benzene rings is 1. The molecule has 1 unspecified atom stereocenters. The Morgan fingerprint density at radius 3 is 2.60 bits per heavy atom. The number of hydrogen-bond acceptors (Lipinski definition) is 5. The van der Waals surface area contributed by atoms with Crippen molar-refractivity contribution in [2.45, 2.75) is 32.1 Å². The number of aliphatic hydroxyl groups is 1. The lowest BCUT2D eigenvalue weighted by atomic mass is 9.96. The van der Waals surface area contributed by atoms with Crippen molar-refractivity contribution >= 4 is 6.01 Å². The van der Waals surface area contributed by atoms with Crippen molar-refractivity contribution in [1.82, 2.24) is 10.1 Å². The fourth-order valence-electron chi connectivity index (χ4n) is 2.02. The Kier molecular flexibility index (Phi) is 5.12. The van der Waals surface area contributed by atoms with Crippen LogP contribution in [-0.2, 0) is 0 Å². The summed E-state index contributed by atoms with van der Waals surface area (Å²) in [5.74, 6) is 1.16. The van der Waals surface area contributed by atoms with Crippen molar-refractivity contribution in [3.8, 4) is 0 Å². The minimum Gasteiger partial charge on any atom is -0.396 e. The molecule has 0 spiro atoms. The highest BCUT2D eigenvalue weighted by atomic mass is 16.5. The van der Waals surface area contributed by atoms with Crippen molar-refractivity contribution in [3.05, 3.63) is 41.7 Å². The summed E-state index contributed by atoms with van der Waals surface area (Å²) in [6.45, 7) is 4.85. The maximum absolute atomic E-state index is 9.19. The Balaban J connectivity index is 1.98. The van der Waals surface area contributed by atoms with Gasteiger partial charge in [0.25, 0.3) is 0 Å². The molecule has 5 nitrogen and oxygen atoms in total. The van der Waals surface area contributed by atoms with Gasteiger partial charge in [0.1, 0.15) is 0 Å². The van der Waals surface area contributed by atoms with Crippen LogP contribution in [-0.4, -0.2) is 28.4 Å². The summed E-state index contributed by atoms with van der Waals surface area (Å²) < 4.78 is 5.16. The van der Waals surface area contributed by atoms with E-state index in [4.69, 9.17) is 4.52 Å².